The summed E-state index contributed by atoms with van der Waals surface area (Å²) in [6, 6.07) is 14.1. The minimum atomic E-state index is 0.0629. The van der Waals surface area contributed by atoms with E-state index >= 15 is 0 Å². The molecule has 2 aliphatic rings. The lowest BCUT2D eigenvalue weighted by Gasteiger charge is -2.35. The molecule has 0 bridgehead atoms. The fourth-order valence-corrected chi connectivity index (χ4v) is 3.88. The highest BCUT2D eigenvalue weighted by atomic mass is 16.2. The van der Waals surface area contributed by atoms with Gasteiger partial charge in [0.15, 0.2) is 0 Å². The van der Waals surface area contributed by atoms with Crippen LogP contribution in [0.2, 0.25) is 0 Å². The fraction of sp³-hybridized carbons (Fsp3) is 0.429. The molecule has 2 aromatic rings. The van der Waals surface area contributed by atoms with Crippen molar-refractivity contribution in [3.63, 3.8) is 0 Å². The minimum absolute atomic E-state index is 0.0629. The third kappa shape index (κ3) is 4.39. The fourth-order valence-electron chi connectivity index (χ4n) is 3.88. The molecule has 0 saturated carbocycles. The lowest BCUT2D eigenvalue weighted by atomic mass is 10.2. The van der Waals surface area contributed by atoms with Crippen LogP contribution in [-0.2, 0) is 4.79 Å². The maximum absolute atomic E-state index is 12.6. The largest absolute Gasteiger partial charge is 0.370 e. The number of nitrogens with zero attached hydrogens (tertiary/aromatic N) is 4. The van der Waals surface area contributed by atoms with Crippen molar-refractivity contribution in [3.05, 3.63) is 48.7 Å². The second-order valence-corrected chi connectivity index (χ2v) is 7.21. The van der Waals surface area contributed by atoms with Gasteiger partial charge in [-0.25, -0.2) is 4.98 Å². The Morgan fingerprint density at radius 2 is 1.63 bits per heavy atom. The number of amides is 1. The predicted octanol–water partition coefficient (Wildman–Crippen LogP) is 2.44. The number of benzene rings is 1. The van der Waals surface area contributed by atoms with Gasteiger partial charge in [-0.05, 0) is 37.1 Å². The van der Waals surface area contributed by atoms with Gasteiger partial charge in [-0.2, -0.15) is 0 Å². The van der Waals surface area contributed by atoms with Gasteiger partial charge in [0.25, 0.3) is 0 Å². The van der Waals surface area contributed by atoms with Crippen molar-refractivity contribution >= 4 is 23.1 Å². The molecule has 0 spiro atoms. The summed E-state index contributed by atoms with van der Waals surface area (Å²) in [5.41, 5.74) is 2.07. The number of hydrogen-bond acceptors (Lipinski definition) is 5. The molecule has 27 heavy (non-hydrogen) atoms. The summed E-state index contributed by atoms with van der Waals surface area (Å²) in [6.45, 7) is 6.12. The second-order valence-electron chi connectivity index (χ2n) is 7.21. The van der Waals surface area contributed by atoms with Gasteiger partial charge in [-0.15, -0.1) is 0 Å². The van der Waals surface area contributed by atoms with E-state index in [4.69, 9.17) is 0 Å². The van der Waals surface area contributed by atoms with Crippen molar-refractivity contribution in [3.8, 4) is 0 Å². The number of rotatable bonds is 5. The quantitative estimate of drug-likeness (QED) is 0.882. The molecule has 0 radical (unpaired) electrons. The van der Waals surface area contributed by atoms with Crippen LogP contribution >= 0.6 is 0 Å². The summed E-state index contributed by atoms with van der Waals surface area (Å²) in [7, 11) is 0. The highest BCUT2D eigenvalue weighted by molar-refractivity contribution is 5.95. The van der Waals surface area contributed by atoms with Crippen LogP contribution in [0.4, 0.5) is 17.2 Å². The maximum Gasteiger partial charge on any atom is 0.238 e. The molecule has 4 rings (SSSR count). The third-order valence-corrected chi connectivity index (χ3v) is 5.34. The number of aromatic nitrogens is 1. The zero-order valence-corrected chi connectivity index (χ0v) is 15.7. The molecule has 0 unspecified atom stereocenters. The van der Waals surface area contributed by atoms with Crippen molar-refractivity contribution < 1.29 is 4.79 Å². The summed E-state index contributed by atoms with van der Waals surface area (Å²) in [5.74, 6) is 1.08. The Kier molecular flexibility index (Phi) is 5.53. The minimum Gasteiger partial charge on any atom is -0.370 e. The zero-order chi connectivity index (χ0) is 18.5. The van der Waals surface area contributed by atoms with Crippen LogP contribution in [0.15, 0.2) is 48.7 Å². The SMILES string of the molecule is O=C(CN1CCN(c2ccccn2)CC1)Nc1ccccc1N1CCCC1. The molecule has 1 aromatic heterocycles. The van der Waals surface area contributed by atoms with Crippen LogP contribution in [-0.4, -0.2) is 61.6 Å². The first kappa shape index (κ1) is 17.8. The van der Waals surface area contributed by atoms with Crippen LogP contribution in [0.1, 0.15) is 12.8 Å². The van der Waals surface area contributed by atoms with Crippen molar-refractivity contribution in [2.45, 2.75) is 12.8 Å². The Hall–Kier alpha value is -2.60. The standard InChI is InChI=1S/C21H27N5O/c27-21(23-18-7-1-2-8-19(18)25-11-5-6-12-25)17-24-13-15-26(16-14-24)20-9-3-4-10-22-20/h1-4,7-10H,5-6,11-17H2,(H,23,27). The number of carbonyl (C=O) groups is 1. The van der Waals surface area contributed by atoms with Crippen LogP contribution in [0.25, 0.3) is 0 Å². The lowest BCUT2D eigenvalue weighted by molar-refractivity contribution is -0.117. The molecule has 1 N–H and O–H groups in total. The molecule has 2 aliphatic heterocycles. The number of anilines is 3. The summed E-state index contributed by atoms with van der Waals surface area (Å²) >= 11 is 0. The molecular weight excluding hydrogens is 338 g/mol. The van der Waals surface area contributed by atoms with Crippen LogP contribution < -0.4 is 15.1 Å². The molecule has 2 fully saturated rings. The summed E-state index contributed by atoms with van der Waals surface area (Å²) < 4.78 is 0. The van der Waals surface area contributed by atoms with Crippen molar-refractivity contribution in [2.75, 3.05) is 60.9 Å². The first-order valence-corrected chi connectivity index (χ1v) is 9.82. The van der Waals surface area contributed by atoms with E-state index in [0.717, 1.165) is 56.5 Å². The van der Waals surface area contributed by atoms with Crippen LogP contribution in [0.5, 0.6) is 0 Å². The van der Waals surface area contributed by atoms with Crippen molar-refractivity contribution in [1.82, 2.24) is 9.88 Å². The van der Waals surface area contributed by atoms with Gasteiger partial charge in [0.05, 0.1) is 17.9 Å². The van der Waals surface area contributed by atoms with Gasteiger partial charge in [0.2, 0.25) is 5.91 Å². The number of carbonyl (C=O) groups excluding carboxylic acids is 1. The van der Waals surface area contributed by atoms with E-state index in [1.54, 1.807) is 0 Å². The van der Waals surface area contributed by atoms with E-state index in [1.165, 1.54) is 12.8 Å². The second kappa shape index (κ2) is 8.39. The van der Waals surface area contributed by atoms with Gasteiger partial charge < -0.3 is 15.1 Å². The van der Waals surface area contributed by atoms with E-state index in [0.29, 0.717) is 6.54 Å². The Bertz CT molecular complexity index is 752. The molecule has 3 heterocycles. The Labute approximate surface area is 160 Å². The molecule has 2 saturated heterocycles. The molecule has 0 aliphatic carbocycles. The number of piperazine rings is 1. The lowest BCUT2D eigenvalue weighted by Crippen LogP contribution is -2.48. The molecule has 6 heteroatoms. The molecule has 0 atom stereocenters. The van der Waals surface area contributed by atoms with Gasteiger partial charge >= 0.3 is 0 Å². The van der Waals surface area contributed by atoms with Gasteiger partial charge in [-0.1, -0.05) is 18.2 Å². The molecule has 6 nitrogen and oxygen atoms in total. The first-order valence-electron chi connectivity index (χ1n) is 9.82. The monoisotopic (exact) mass is 365 g/mol. The Balaban J connectivity index is 1.31. The van der Waals surface area contributed by atoms with E-state index in [1.807, 2.05) is 42.6 Å². The molecule has 1 amide bonds. The number of nitrogens with one attached hydrogen (secondary N) is 1. The number of pyridine rings is 1. The maximum atomic E-state index is 12.6. The van der Waals surface area contributed by atoms with Crippen LogP contribution in [0, 0.1) is 0 Å². The topological polar surface area (TPSA) is 51.7 Å². The van der Waals surface area contributed by atoms with E-state index in [9.17, 15) is 4.79 Å². The highest BCUT2D eigenvalue weighted by Gasteiger charge is 2.21. The van der Waals surface area contributed by atoms with E-state index < -0.39 is 0 Å². The smallest absolute Gasteiger partial charge is 0.238 e. The normalized spacial score (nSPS) is 17.9. The van der Waals surface area contributed by atoms with Crippen molar-refractivity contribution in [2.24, 2.45) is 0 Å². The number of para-hydroxylation sites is 2. The third-order valence-electron chi connectivity index (χ3n) is 5.34. The molecule has 1 aromatic carbocycles. The van der Waals surface area contributed by atoms with Crippen molar-refractivity contribution in [1.29, 1.82) is 0 Å². The van der Waals surface area contributed by atoms with Crippen LogP contribution in [0.3, 0.4) is 0 Å². The molecular formula is C21H27N5O. The zero-order valence-electron chi connectivity index (χ0n) is 15.7. The Morgan fingerprint density at radius 1 is 0.889 bits per heavy atom. The highest BCUT2D eigenvalue weighted by Crippen LogP contribution is 2.28. The van der Waals surface area contributed by atoms with Gasteiger partial charge in [0.1, 0.15) is 5.82 Å². The summed E-state index contributed by atoms with van der Waals surface area (Å²) in [4.78, 5) is 23.9. The average molecular weight is 365 g/mol. The predicted molar refractivity (Wildman–Crippen MR) is 109 cm³/mol. The molecule has 142 valence electrons. The summed E-state index contributed by atoms with van der Waals surface area (Å²) in [6.07, 6.45) is 4.28. The van der Waals surface area contributed by atoms with E-state index in [2.05, 4.69) is 31.1 Å². The van der Waals surface area contributed by atoms with Gasteiger partial charge in [0, 0.05) is 45.5 Å². The Morgan fingerprint density at radius 3 is 2.37 bits per heavy atom. The van der Waals surface area contributed by atoms with E-state index in [-0.39, 0.29) is 5.91 Å². The number of hydrogen-bond donors (Lipinski definition) is 1. The average Bonchev–Trinajstić information content (AvgIpc) is 3.24. The summed E-state index contributed by atoms with van der Waals surface area (Å²) in [5, 5.41) is 3.13. The van der Waals surface area contributed by atoms with Gasteiger partial charge in [-0.3, -0.25) is 9.69 Å². The first-order chi connectivity index (χ1) is 13.3.